The van der Waals surface area contributed by atoms with Gasteiger partial charge >= 0.3 is 0 Å². The van der Waals surface area contributed by atoms with Crippen LogP contribution in [0.5, 0.6) is 11.5 Å². The lowest BCUT2D eigenvalue weighted by Crippen LogP contribution is -2.35. The minimum absolute atomic E-state index is 0.0957. The number of carbonyl (C=O) groups excluding carboxylic acids is 1. The van der Waals surface area contributed by atoms with Crippen LogP contribution in [0.2, 0.25) is 0 Å². The van der Waals surface area contributed by atoms with Gasteiger partial charge in [0.05, 0.1) is 7.11 Å². The number of rotatable bonds is 5. The van der Waals surface area contributed by atoms with Gasteiger partial charge in [-0.1, -0.05) is 18.2 Å². The standard InChI is InChI=1S/C20H23NO3/c1-23-19-11-10-16(20(22)21-12-6-3-7-13-21)14-17(19)15-24-18-8-4-2-5-9-18/h2,4-5,8-11,14H,3,6-7,12-13,15H2,1H3. The Balaban J connectivity index is 1.75. The highest BCUT2D eigenvalue weighted by Gasteiger charge is 2.19. The number of methoxy groups -OCH3 is 1. The molecule has 2 aromatic rings. The van der Waals surface area contributed by atoms with Gasteiger partial charge in [-0.3, -0.25) is 4.79 Å². The predicted molar refractivity (Wildman–Crippen MR) is 93.5 cm³/mol. The number of nitrogens with zero attached hydrogens (tertiary/aromatic N) is 1. The van der Waals surface area contributed by atoms with E-state index in [-0.39, 0.29) is 5.91 Å². The molecule has 126 valence electrons. The molecule has 0 radical (unpaired) electrons. The summed E-state index contributed by atoms with van der Waals surface area (Å²) < 4.78 is 11.2. The Labute approximate surface area is 143 Å². The van der Waals surface area contributed by atoms with E-state index in [9.17, 15) is 4.79 Å². The Morgan fingerprint density at radius 1 is 1.04 bits per heavy atom. The molecular formula is C20H23NO3. The Kier molecular flexibility index (Phi) is 5.36. The molecule has 1 saturated heterocycles. The van der Waals surface area contributed by atoms with E-state index >= 15 is 0 Å². The molecule has 1 aliphatic heterocycles. The van der Waals surface area contributed by atoms with Crippen molar-refractivity contribution in [3.05, 3.63) is 59.7 Å². The second kappa shape index (κ2) is 7.86. The number of ether oxygens (including phenoxy) is 2. The van der Waals surface area contributed by atoms with Crippen molar-refractivity contribution in [3.63, 3.8) is 0 Å². The second-order valence-electron chi connectivity index (χ2n) is 5.98. The fourth-order valence-electron chi connectivity index (χ4n) is 2.98. The average Bonchev–Trinajstić information content (AvgIpc) is 2.67. The molecule has 0 aliphatic carbocycles. The van der Waals surface area contributed by atoms with E-state index in [2.05, 4.69) is 0 Å². The summed E-state index contributed by atoms with van der Waals surface area (Å²) >= 11 is 0. The maximum Gasteiger partial charge on any atom is 0.253 e. The lowest BCUT2D eigenvalue weighted by molar-refractivity contribution is 0.0724. The maximum absolute atomic E-state index is 12.7. The molecule has 0 unspecified atom stereocenters. The van der Waals surface area contributed by atoms with Crippen LogP contribution in [0.25, 0.3) is 0 Å². The van der Waals surface area contributed by atoms with Gasteiger partial charge in [-0.15, -0.1) is 0 Å². The molecule has 0 atom stereocenters. The zero-order chi connectivity index (χ0) is 16.8. The number of benzene rings is 2. The van der Waals surface area contributed by atoms with Gasteiger partial charge in [0.1, 0.15) is 18.1 Å². The van der Waals surface area contributed by atoms with Crippen molar-refractivity contribution in [2.45, 2.75) is 25.9 Å². The minimum Gasteiger partial charge on any atom is -0.496 e. The smallest absolute Gasteiger partial charge is 0.253 e. The molecule has 0 aromatic heterocycles. The number of hydrogen-bond acceptors (Lipinski definition) is 3. The van der Waals surface area contributed by atoms with Gasteiger partial charge in [-0.2, -0.15) is 0 Å². The monoisotopic (exact) mass is 325 g/mol. The van der Waals surface area contributed by atoms with Crippen LogP contribution >= 0.6 is 0 Å². The quantitative estimate of drug-likeness (QED) is 0.837. The second-order valence-corrected chi connectivity index (χ2v) is 5.98. The summed E-state index contributed by atoms with van der Waals surface area (Å²) in [5, 5.41) is 0. The van der Waals surface area contributed by atoms with Gasteiger partial charge in [0.2, 0.25) is 0 Å². The number of para-hydroxylation sites is 1. The van der Waals surface area contributed by atoms with Crippen molar-refractivity contribution < 1.29 is 14.3 Å². The molecule has 4 nitrogen and oxygen atoms in total. The van der Waals surface area contributed by atoms with Crippen LogP contribution in [0.3, 0.4) is 0 Å². The molecule has 24 heavy (non-hydrogen) atoms. The molecule has 1 fully saturated rings. The van der Waals surface area contributed by atoms with E-state index in [0.717, 1.165) is 43.0 Å². The fourth-order valence-corrected chi connectivity index (χ4v) is 2.98. The number of likely N-dealkylation sites (tertiary alicyclic amines) is 1. The van der Waals surface area contributed by atoms with E-state index in [1.807, 2.05) is 53.4 Å². The van der Waals surface area contributed by atoms with E-state index < -0.39 is 0 Å². The van der Waals surface area contributed by atoms with E-state index in [4.69, 9.17) is 9.47 Å². The first-order chi connectivity index (χ1) is 11.8. The Hall–Kier alpha value is -2.49. The zero-order valence-corrected chi connectivity index (χ0v) is 14.0. The van der Waals surface area contributed by atoms with E-state index in [1.165, 1.54) is 6.42 Å². The molecule has 2 aromatic carbocycles. The van der Waals surface area contributed by atoms with Crippen molar-refractivity contribution in [2.24, 2.45) is 0 Å². The van der Waals surface area contributed by atoms with Crippen molar-refractivity contribution in [1.29, 1.82) is 0 Å². The van der Waals surface area contributed by atoms with Crippen molar-refractivity contribution in [1.82, 2.24) is 4.90 Å². The third kappa shape index (κ3) is 3.88. The zero-order valence-electron chi connectivity index (χ0n) is 14.0. The Morgan fingerprint density at radius 2 is 1.79 bits per heavy atom. The van der Waals surface area contributed by atoms with Crippen LogP contribution in [0, 0.1) is 0 Å². The molecule has 0 bridgehead atoms. The fraction of sp³-hybridized carbons (Fsp3) is 0.350. The van der Waals surface area contributed by atoms with Crippen molar-refractivity contribution in [2.75, 3.05) is 20.2 Å². The maximum atomic E-state index is 12.7. The third-order valence-corrected chi connectivity index (χ3v) is 4.31. The van der Waals surface area contributed by atoms with Crippen LogP contribution in [0.4, 0.5) is 0 Å². The lowest BCUT2D eigenvalue weighted by atomic mass is 10.1. The van der Waals surface area contributed by atoms with Gasteiger partial charge in [-0.05, 0) is 49.6 Å². The first kappa shape index (κ1) is 16.4. The normalized spacial score (nSPS) is 14.3. The van der Waals surface area contributed by atoms with Gasteiger partial charge in [0.15, 0.2) is 0 Å². The van der Waals surface area contributed by atoms with E-state index in [1.54, 1.807) is 7.11 Å². The number of carbonyl (C=O) groups is 1. The summed E-state index contributed by atoms with van der Waals surface area (Å²) in [5.74, 6) is 1.63. The van der Waals surface area contributed by atoms with Crippen LogP contribution < -0.4 is 9.47 Å². The summed E-state index contributed by atoms with van der Waals surface area (Å²) in [5.41, 5.74) is 1.58. The minimum atomic E-state index is 0.0957. The van der Waals surface area contributed by atoms with Gasteiger partial charge < -0.3 is 14.4 Å². The van der Waals surface area contributed by atoms with Gasteiger partial charge in [0.25, 0.3) is 5.91 Å². The molecule has 0 spiro atoms. The highest BCUT2D eigenvalue weighted by molar-refractivity contribution is 5.94. The first-order valence-corrected chi connectivity index (χ1v) is 8.42. The Bertz CT molecular complexity index is 679. The average molecular weight is 325 g/mol. The lowest BCUT2D eigenvalue weighted by Gasteiger charge is -2.27. The molecule has 1 amide bonds. The van der Waals surface area contributed by atoms with Crippen LogP contribution in [0.1, 0.15) is 35.2 Å². The molecule has 0 N–H and O–H groups in total. The van der Waals surface area contributed by atoms with Crippen LogP contribution in [-0.4, -0.2) is 31.0 Å². The molecule has 3 rings (SSSR count). The van der Waals surface area contributed by atoms with E-state index in [0.29, 0.717) is 12.2 Å². The summed E-state index contributed by atoms with van der Waals surface area (Å²) in [7, 11) is 1.63. The summed E-state index contributed by atoms with van der Waals surface area (Å²) in [4.78, 5) is 14.6. The third-order valence-electron chi connectivity index (χ3n) is 4.31. The highest BCUT2D eigenvalue weighted by atomic mass is 16.5. The largest absolute Gasteiger partial charge is 0.496 e. The van der Waals surface area contributed by atoms with Gasteiger partial charge in [0, 0.05) is 24.2 Å². The topological polar surface area (TPSA) is 38.8 Å². The molecule has 4 heteroatoms. The van der Waals surface area contributed by atoms with Crippen molar-refractivity contribution in [3.8, 4) is 11.5 Å². The molecule has 1 aliphatic rings. The number of amides is 1. The predicted octanol–water partition coefficient (Wildman–Crippen LogP) is 3.90. The van der Waals surface area contributed by atoms with Crippen molar-refractivity contribution >= 4 is 5.91 Å². The number of piperidine rings is 1. The highest BCUT2D eigenvalue weighted by Crippen LogP contribution is 2.23. The first-order valence-electron chi connectivity index (χ1n) is 8.42. The summed E-state index contributed by atoms with van der Waals surface area (Å²) in [6, 6.07) is 15.2. The summed E-state index contributed by atoms with van der Waals surface area (Å²) in [6.45, 7) is 2.07. The van der Waals surface area contributed by atoms with Crippen LogP contribution in [0.15, 0.2) is 48.5 Å². The van der Waals surface area contributed by atoms with Crippen LogP contribution in [-0.2, 0) is 6.61 Å². The molecule has 1 heterocycles. The molecular weight excluding hydrogens is 302 g/mol. The SMILES string of the molecule is COc1ccc(C(=O)N2CCCCC2)cc1COc1ccccc1. The summed E-state index contributed by atoms with van der Waals surface area (Å²) in [6.07, 6.45) is 3.39. The molecule has 0 saturated carbocycles. The number of hydrogen-bond donors (Lipinski definition) is 0. The van der Waals surface area contributed by atoms with Gasteiger partial charge in [-0.25, -0.2) is 0 Å². The Morgan fingerprint density at radius 3 is 2.50 bits per heavy atom.